The molecule has 0 radical (unpaired) electrons. The van der Waals surface area contributed by atoms with Crippen LogP contribution in [0.5, 0.6) is 0 Å². The number of rotatable bonds is 6. The van der Waals surface area contributed by atoms with Gasteiger partial charge >= 0.3 is 0 Å². The minimum Gasteiger partial charge on any atom is -0.309 e. The molecule has 0 aliphatic rings. The summed E-state index contributed by atoms with van der Waals surface area (Å²) in [5.74, 6) is 0.779. The van der Waals surface area contributed by atoms with E-state index >= 15 is 0 Å². The van der Waals surface area contributed by atoms with Crippen LogP contribution < -0.4 is 5.32 Å². The standard InChI is InChI=1S/C10H18N2OS2/c1-8(10-9(2)12-7-14-10)11-5-4-6-15(3)13/h7-8,11H,4-6H2,1-3H3. The molecule has 0 aliphatic heterocycles. The van der Waals surface area contributed by atoms with E-state index in [4.69, 9.17) is 0 Å². The van der Waals surface area contributed by atoms with Gasteiger partial charge in [0.05, 0.1) is 11.2 Å². The van der Waals surface area contributed by atoms with Crippen molar-refractivity contribution in [2.75, 3.05) is 18.6 Å². The van der Waals surface area contributed by atoms with Gasteiger partial charge in [0.1, 0.15) is 0 Å². The number of nitrogens with one attached hydrogen (secondary N) is 1. The average Bonchev–Trinajstić information content (AvgIpc) is 2.58. The summed E-state index contributed by atoms with van der Waals surface area (Å²) in [5, 5.41) is 3.42. The minimum atomic E-state index is -0.671. The van der Waals surface area contributed by atoms with Gasteiger partial charge in [-0.3, -0.25) is 4.21 Å². The fourth-order valence-electron chi connectivity index (χ4n) is 1.41. The molecule has 1 aromatic rings. The van der Waals surface area contributed by atoms with E-state index in [1.165, 1.54) is 4.88 Å². The van der Waals surface area contributed by atoms with E-state index in [1.807, 2.05) is 12.4 Å². The zero-order valence-corrected chi connectivity index (χ0v) is 11.1. The van der Waals surface area contributed by atoms with Gasteiger partial charge in [-0.15, -0.1) is 11.3 Å². The maximum absolute atomic E-state index is 10.8. The third-order valence-corrected chi connectivity index (χ3v) is 4.21. The highest BCUT2D eigenvalue weighted by atomic mass is 32.2. The van der Waals surface area contributed by atoms with Crippen LogP contribution in [0, 0.1) is 6.92 Å². The molecule has 2 unspecified atom stereocenters. The summed E-state index contributed by atoms with van der Waals surface area (Å²) in [6.07, 6.45) is 2.71. The van der Waals surface area contributed by atoms with Crippen molar-refractivity contribution in [3.63, 3.8) is 0 Å². The molecule has 5 heteroatoms. The lowest BCUT2D eigenvalue weighted by Gasteiger charge is -2.12. The topological polar surface area (TPSA) is 42.0 Å². The number of aryl methyl sites for hydroxylation is 1. The van der Waals surface area contributed by atoms with Crippen LogP contribution in [0.4, 0.5) is 0 Å². The van der Waals surface area contributed by atoms with Gasteiger partial charge in [-0.1, -0.05) is 0 Å². The Kier molecular flexibility index (Phi) is 5.42. The van der Waals surface area contributed by atoms with Crippen molar-refractivity contribution < 1.29 is 4.21 Å². The molecular weight excluding hydrogens is 228 g/mol. The van der Waals surface area contributed by atoms with Crippen molar-refractivity contribution in [2.24, 2.45) is 0 Å². The normalized spacial score (nSPS) is 15.1. The number of hydrogen-bond acceptors (Lipinski definition) is 4. The van der Waals surface area contributed by atoms with Crippen molar-refractivity contribution in [2.45, 2.75) is 26.3 Å². The Bertz CT molecular complexity index is 325. The van der Waals surface area contributed by atoms with Crippen LogP contribution in [0.1, 0.15) is 30.0 Å². The fraction of sp³-hybridized carbons (Fsp3) is 0.700. The van der Waals surface area contributed by atoms with E-state index in [-0.39, 0.29) is 0 Å². The summed E-state index contributed by atoms with van der Waals surface area (Å²) in [5.41, 5.74) is 2.99. The second-order valence-electron chi connectivity index (χ2n) is 3.61. The van der Waals surface area contributed by atoms with E-state index in [9.17, 15) is 4.21 Å². The maximum Gasteiger partial charge on any atom is 0.0798 e. The van der Waals surface area contributed by atoms with E-state index in [2.05, 4.69) is 17.2 Å². The predicted molar refractivity (Wildman–Crippen MR) is 66.8 cm³/mol. The molecule has 0 aromatic carbocycles. The van der Waals surface area contributed by atoms with Gasteiger partial charge in [-0.05, 0) is 26.8 Å². The van der Waals surface area contributed by atoms with Crippen molar-refractivity contribution in [3.05, 3.63) is 16.1 Å². The molecule has 0 amide bonds. The van der Waals surface area contributed by atoms with Gasteiger partial charge in [0.15, 0.2) is 0 Å². The van der Waals surface area contributed by atoms with Crippen molar-refractivity contribution in [3.8, 4) is 0 Å². The number of aromatic nitrogens is 1. The zero-order valence-electron chi connectivity index (χ0n) is 9.45. The largest absolute Gasteiger partial charge is 0.309 e. The van der Waals surface area contributed by atoms with E-state index in [0.29, 0.717) is 6.04 Å². The Labute approximate surface area is 97.8 Å². The molecule has 3 nitrogen and oxygen atoms in total. The van der Waals surface area contributed by atoms with Crippen molar-refractivity contribution >= 4 is 22.1 Å². The van der Waals surface area contributed by atoms with E-state index in [1.54, 1.807) is 17.6 Å². The first-order valence-electron chi connectivity index (χ1n) is 5.04. The lowest BCUT2D eigenvalue weighted by molar-refractivity contribution is 0.575. The molecule has 15 heavy (non-hydrogen) atoms. The van der Waals surface area contributed by atoms with Gasteiger partial charge in [0.2, 0.25) is 0 Å². The Morgan fingerprint density at radius 1 is 1.67 bits per heavy atom. The predicted octanol–water partition coefficient (Wildman–Crippen LogP) is 1.87. The maximum atomic E-state index is 10.8. The summed E-state index contributed by atoms with van der Waals surface area (Å²) in [6.45, 7) is 5.09. The van der Waals surface area contributed by atoms with Gasteiger partial charge < -0.3 is 5.32 Å². The molecule has 1 heterocycles. The lowest BCUT2D eigenvalue weighted by atomic mass is 10.2. The molecule has 0 bridgehead atoms. The molecule has 0 fully saturated rings. The van der Waals surface area contributed by atoms with Crippen LogP contribution >= 0.6 is 11.3 Å². The van der Waals surface area contributed by atoms with E-state index < -0.39 is 10.8 Å². The van der Waals surface area contributed by atoms with Crippen LogP contribution in [0.2, 0.25) is 0 Å². The molecule has 0 spiro atoms. The first kappa shape index (κ1) is 12.8. The highest BCUT2D eigenvalue weighted by molar-refractivity contribution is 7.84. The molecule has 0 aliphatic carbocycles. The monoisotopic (exact) mass is 246 g/mol. The molecule has 2 atom stereocenters. The fourth-order valence-corrected chi connectivity index (χ4v) is 2.80. The van der Waals surface area contributed by atoms with Crippen LogP contribution in [0.15, 0.2) is 5.51 Å². The summed E-state index contributed by atoms with van der Waals surface area (Å²) in [4.78, 5) is 5.52. The second kappa shape index (κ2) is 6.35. The van der Waals surface area contributed by atoms with Gasteiger partial charge in [0, 0.05) is 33.7 Å². The Hall–Kier alpha value is -0.260. The molecular formula is C10H18N2OS2. The third kappa shape index (κ3) is 4.40. The summed E-state index contributed by atoms with van der Waals surface area (Å²) >= 11 is 1.69. The number of nitrogens with zero attached hydrogens (tertiary/aromatic N) is 1. The smallest absolute Gasteiger partial charge is 0.0798 e. The third-order valence-electron chi connectivity index (χ3n) is 2.23. The highest BCUT2D eigenvalue weighted by Gasteiger charge is 2.09. The van der Waals surface area contributed by atoms with Gasteiger partial charge in [0.25, 0.3) is 0 Å². The quantitative estimate of drug-likeness (QED) is 0.779. The van der Waals surface area contributed by atoms with Crippen molar-refractivity contribution in [1.82, 2.24) is 10.3 Å². The van der Waals surface area contributed by atoms with Gasteiger partial charge in [-0.2, -0.15) is 0 Å². The van der Waals surface area contributed by atoms with Gasteiger partial charge in [-0.25, -0.2) is 4.98 Å². The summed E-state index contributed by atoms with van der Waals surface area (Å²) in [6, 6.07) is 0.350. The second-order valence-corrected chi connectivity index (χ2v) is 6.05. The first-order chi connectivity index (χ1) is 7.11. The van der Waals surface area contributed by atoms with Crippen molar-refractivity contribution in [1.29, 1.82) is 0 Å². The summed E-state index contributed by atoms with van der Waals surface area (Å²) in [7, 11) is -0.671. The lowest BCUT2D eigenvalue weighted by Crippen LogP contribution is -2.21. The SMILES string of the molecule is Cc1ncsc1C(C)NCCCS(C)=O. The molecule has 1 aromatic heterocycles. The zero-order chi connectivity index (χ0) is 11.3. The Morgan fingerprint density at radius 3 is 2.93 bits per heavy atom. The number of thiazole rings is 1. The molecule has 86 valence electrons. The summed E-state index contributed by atoms with van der Waals surface area (Å²) < 4.78 is 10.8. The Morgan fingerprint density at radius 2 is 2.40 bits per heavy atom. The molecule has 0 saturated heterocycles. The molecule has 0 saturated carbocycles. The van der Waals surface area contributed by atoms with Crippen LogP contribution in [-0.2, 0) is 10.8 Å². The minimum absolute atomic E-state index is 0.350. The van der Waals surface area contributed by atoms with E-state index in [0.717, 1.165) is 24.4 Å². The van der Waals surface area contributed by atoms with Crippen LogP contribution in [0.25, 0.3) is 0 Å². The first-order valence-corrected chi connectivity index (χ1v) is 7.65. The number of hydrogen-bond donors (Lipinski definition) is 1. The Balaban J connectivity index is 2.28. The van der Waals surface area contributed by atoms with Crippen LogP contribution in [0.3, 0.4) is 0 Å². The molecule has 1 rings (SSSR count). The average molecular weight is 246 g/mol. The highest BCUT2D eigenvalue weighted by Crippen LogP contribution is 2.20. The van der Waals surface area contributed by atoms with Crippen LogP contribution in [-0.4, -0.2) is 27.7 Å². The molecule has 1 N–H and O–H groups in total.